The molecule has 0 unspecified atom stereocenters. The number of esters is 2. The molecule has 1 aromatic heterocycles. The Morgan fingerprint density at radius 2 is 1.64 bits per heavy atom. The van der Waals surface area contributed by atoms with Gasteiger partial charge in [0.25, 0.3) is 0 Å². The number of benzene rings is 1. The number of carbonyl (C=O) groups is 3. The molecule has 0 saturated heterocycles. The number of aryl methyl sites for hydroxylation is 1. The van der Waals surface area contributed by atoms with Gasteiger partial charge in [-0.25, -0.2) is 9.59 Å². The number of rotatable bonds is 6. The predicted octanol–water partition coefficient (Wildman–Crippen LogP) is 3.24. The summed E-state index contributed by atoms with van der Waals surface area (Å²) in [6.07, 6.45) is -0.311. The highest BCUT2D eigenvalue weighted by atomic mass is 16.5. The fourth-order valence-corrected chi connectivity index (χ4v) is 3.87. The molecule has 0 saturated carbocycles. The molecule has 0 aliphatic carbocycles. The second kappa shape index (κ2) is 9.20. The zero-order valence-corrected chi connectivity index (χ0v) is 19.5. The number of fused-ring (bicyclic) bond motifs is 1. The Labute approximate surface area is 192 Å². The van der Waals surface area contributed by atoms with E-state index in [1.54, 1.807) is 51.6 Å². The molecule has 0 radical (unpaired) electrons. The molecule has 0 fully saturated rings. The number of carbonyl (C=O) groups excluding carboxylic acids is 3. The lowest BCUT2D eigenvalue weighted by Gasteiger charge is -2.19. The summed E-state index contributed by atoms with van der Waals surface area (Å²) in [6, 6.07) is 9.46. The third-order valence-electron chi connectivity index (χ3n) is 5.38. The SMILES string of the molecule is Cc1[nH]c(C(=O)OCC(=O)C(C#N)=C2N(C)c3ccccc3N2C)c(C)c1C(=O)OC(C)C. The van der Waals surface area contributed by atoms with Crippen LogP contribution in [0.4, 0.5) is 11.4 Å². The normalized spacial score (nSPS) is 12.5. The summed E-state index contributed by atoms with van der Waals surface area (Å²) in [5.74, 6) is -1.57. The van der Waals surface area contributed by atoms with Crippen LogP contribution < -0.4 is 9.80 Å². The number of Topliss-reactive ketones (excluding diaryl/α,β-unsaturated/α-hetero) is 1. The number of hydrogen-bond donors (Lipinski definition) is 1. The molecule has 0 bridgehead atoms. The molecular formula is C24H26N4O5. The van der Waals surface area contributed by atoms with Gasteiger partial charge in [0.1, 0.15) is 23.2 Å². The molecule has 2 heterocycles. The Hall–Kier alpha value is -4.06. The van der Waals surface area contributed by atoms with Gasteiger partial charge in [-0.2, -0.15) is 5.26 Å². The van der Waals surface area contributed by atoms with E-state index in [1.807, 2.05) is 30.3 Å². The molecular weight excluding hydrogens is 424 g/mol. The van der Waals surface area contributed by atoms with Crippen molar-refractivity contribution in [2.75, 3.05) is 30.5 Å². The summed E-state index contributed by atoms with van der Waals surface area (Å²) in [4.78, 5) is 44.1. The molecule has 1 N–H and O–H groups in total. The highest BCUT2D eigenvalue weighted by molar-refractivity contribution is 6.05. The van der Waals surface area contributed by atoms with Crippen LogP contribution in [0.15, 0.2) is 35.7 Å². The summed E-state index contributed by atoms with van der Waals surface area (Å²) in [5.41, 5.74) is 2.74. The van der Waals surface area contributed by atoms with Gasteiger partial charge < -0.3 is 24.3 Å². The van der Waals surface area contributed by atoms with E-state index < -0.39 is 24.3 Å². The third kappa shape index (κ3) is 4.32. The van der Waals surface area contributed by atoms with Crippen LogP contribution in [-0.2, 0) is 14.3 Å². The van der Waals surface area contributed by atoms with E-state index in [9.17, 15) is 19.6 Å². The minimum Gasteiger partial charge on any atom is -0.459 e. The van der Waals surface area contributed by atoms with Crippen LogP contribution in [0.5, 0.6) is 0 Å². The second-order valence-electron chi connectivity index (χ2n) is 8.00. The molecule has 33 heavy (non-hydrogen) atoms. The number of ketones is 1. The molecule has 9 heteroatoms. The van der Waals surface area contributed by atoms with Gasteiger partial charge in [-0.05, 0) is 45.4 Å². The summed E-state index contributed by atoms with van der Waals surface area (Å²) < 4.78 is 10.4. The zero-order valence-electron chi connectivity index (χ0n) is 19.5. The van der Waals surface area contributed by atoms with Crippen LogP contribution in [0, 0.1) is 25.2 Å². The van der Waals surface area contributed by atoms with Crippen molar-refractivity contribution in [3.63, 3.8) is 0 Å². The van der Waals surface area contributed by atoms with Crippen LogP contribution in [-0.4, -0.2) is 49.5 Å². The third-order valence-corrected chi connectivity index (χ3v) is 5.38. The number of ether oxygens (including phenoxy) is 2. The van der Waals surface area contributed by atoms with Crippen LogP contribution >= 0.6 is 0 Å². The lowest BCUT2D eigenvalue weighted by atomic mass is 10.1. The van der Waals surface area contributed by atoms with Crippen molar-refractivity contribution in [3.8, 4) is 6.07 Å². The van der Waals surface area contributed by atoms with Crippen molar-refractivity contribution in [1.29, 1.82) is 5.26 Å². The summed E-state index contributed by atoms with van der Waals surface area (Å²) in [7, 11) is 3.52. The standard InChI is InChI=1S/C24H26N4O5/c1-13(2)33-23(30)20-14(3)21(26-15(20)4)24(31)32-12-19(29)16(11-25)22-27(5)17-9-7-8-10-18(17)28(22)6/h7-10,13,26H,12H2,1-6H3. The lowest BCUT2D eigenvalue weighted by molar-refractivity contribution is -0.118. The Morgan fingerprint density at radius 3 is 2.15 bits per heavy atom. The Kier molecular flexibility index (Phi) is 6.58. The number of nitrogens with one attached hydrogen (secondary N) is 1. The lowest BCUT2D eigenvalue weighted by Crippen LogP contribution is -2.28. The number of nitriles is 1. The summed E-state index contributed by atoms with van der Waals surface area (Å²) in [5, 5.41) is 9.69. The first-order chi connectivity index (χ1) is 15.6. The van der Waals surface area contributed by atoms with E-state index in [1.165, 1.54) is 0 Å². The largest absolute Gasteiger partial charge is 0.459 e. The first-order valence-electron chi connectivity index (χ1n) is 10.4. The number of aromatic amines is 1. The first kappa shape index (κ1) is 23.6. The summed E-state index contributed by atoms with van der Waals surface area (Å²) in [6.45, 7) is 6.09. The van der Waals surface area contributed by atoms with Crippen molar-refractivity contribution < 1.29 is 23.9 Å². The number of H-pyrrole nitrogens is 1. The van der Waals surface area contributed by atoms with Gasteiger partial charge in [0.15, 0.2) is 6.61 Å². The molecule has 2 aromatic rings. The molecule has 1 aliphatic rings. The maximum Gasteiger partial charge on any atom is 0.355 e. The van der Waals surface area contributed by atoms with Gasteiger partial charge in [-0.3, -0.25) is 4.79 Å². The van der Waals surface area contributed by atoms with Crippen molar-refractivity contribution >= 4 is 29.1 Å². The minimum absolute atomic E-state index is 0.0599. The van der Waals surface area contributed by atoms with E-state index in [2.05, 4.69) is 4.98 Å². The van der Waals surface area contributed by atoms with Gasteiger partial charge in [0.05, 0.1) is 23.0 Å². The van der Waals surface area contributed by atoms with Crippen molar-refractivity contribution in [1.82, 2.24) is 4.98 Å². The predicted molar refractivity (Wildman–Crippen MR) is 122 cm³/mol. The van der Waals surface area contributed by atoms with Crippen LogP contribution in [0.1, 0.15) is 46.0 Å². The first-order valence-corrected chi connectivity index (χ1v) is 10.4. The fraction of sp³-hybridized carbons (Fsp3) is 0.333. The van der Waals surface area contributed by atoms with Crippen LogP contribution in [0.2, 0.25) is 0 Å². The van der Waals surface area contributed by atoms with Crippen molar-refractivity contribution in [2.24, 2.45) is 0 Å². The number of hydrogen-bond acceptors (Lipinski definition) is 8. The summed E-state index contributed by atoms with van der Waals surface area (Å²) >= 11 is 0. The number of para-hydroxylation sites is 2. The van der Waals surface area contributed by atoms with E-state index in [-0.39, 0.29) is 22.9 Å². The maximum absolute atomic E-state index is 12.8. The van der Waals surface area contributed by atoms with Gasteiger partial charge in [0.2, 0.25) is 5.78 Å². The van der Waals surface area contributed by atoms with Crippen molar-refractivity contribution in [3.05, 3.63) is 58.2 Å². The quantitative estimate of drug-likeness (QED) is 0.405. The molecule has 0 spiro atoms. The molecule has 0 atom stereocenters. The topological polar surface area (TPSA) is 116 Å². The molecule has 1 aliphatic heterocycles. The maximum atomic E-state index is 12.8. The Bertz CT molecular complexity index is 1170. The van der Waals surface area contributed by atoms with E-state index in [4.69, 9.17) is 9.47 Å². The molecule has 1 aromatic carbocycles. The highest BCUT2D eigenvalue weighted by Crippen LogP contribution is 2.40. The van der Waals surface area contributed by atoms with Gasteiger partial charge >= 0.3 is 11.9 Å². The van der Waals surface area contributed by atoms with E-state index in [0.29, 0.717) is 17.1 Å². The average molecular weight is 450 g/mol. The van der Waals surface area contributed by atoms with Gasteiger partial charge in [0, 0.05) is 19.8 Å². The minimum atomic E-state index is -0.800. The monoisotopic (exact) mass is 450 g/mol. The van der Waals surface area contributed by atoms with Crippen molar-refractivity contribution in [2.45, 2.75) is 33.8 Å². The van der Waals surface area contributed by atoms with E-state index >= 15 is 0 Å². The Morgan fingerprint density at radius 1 is 1.06 bits per heavy atom. The average Bonchev–Trinajstić information content (AvgIpc) is 3.20. The van der Waals surface area contributed by atoms with E-state index in [0.717, 1.165) is 11.4 Å². The van der Waals surface area contributed by atoms with Crippen LogP contribution in [0.3, 0.4) is 0 Å². The molecule has 3 rings (SSSR count). The zero-order chi connectivity index (χ0) is 24.4. The number of anilines is 2. The Balaban J connectivity index is 1.79. The molecule has 172 valence electrons. The highest BCUT2D eigenvalue weighted by Gasteiger charge is 2.32. The van der Waals surface area contributed by atoms with Crippen LogP contribution in [0.25, 0.3) is 0 Å². The second-order valence-corrected chi connectivity index (χ2v) is 8.00. The van der Waals surface area contributed by atoms with Gasteiger partial charge in [-0.15, -0.1) is 0 Å². The van der Waals surface area contributed by atoms with Gasteiger partial charge in [-0.1, -0.05) is 12.1 Å². The number of aromatic nitrogens is 1. The molecule has 9 nitrogen and oxygen atoms in total. The molecule has 0 amide bonds. The fourth-order valence-electron chi connectivity index (χ4n) is 3.87. The smallest absolute Gasteiger partial charge is 0.355 e. The number of nitrogens with zero attached hydrogens (tertiary/aromatic N) is 3.